The van der Waals surface area contributed by atoms with Crippen LogP contribution in [0.4, 0.5) is 5.82 Å². The second-order valence-corrected chi connectivity index (χ2v) is 4.64. The first-order valence-corrected chi connectivity index (χ1v) is 6.14. The minimum absolute atomic E-state index is 0.680. The van der Waals surface area contributed by atoms with Crippen LogP contribution in [0.1, 0.15) is 12.0 Å². The number of pyridine rings is 1. The van der Waals surface area contributed by atoms with Crippen molar-refractivity contribution in [2.45, 2.75) is 12.8 Å². The van der Waals surface area contributed by atoms with Crippen LogP contribution in [0, 0.1) is 0 Å². The van der Waals surface area contributed by atoms with E-state index in [2.05, 4.69) is 48.1 Å². The maximum absolute atomic E-state index is 5.51. The summed E-state index contributed by atoms with van der Waals surface area (Å²) in [6, 6.07) is 4.18. The van der Waals surface area contributed by atoms with Crippen LogP contribution in [-0.4, -0.2) is 50.7 Å². The summed E-state index contributed by atoms with van der Waals surface area (Å²) in [7, 11) is 6.28. The van der Waals surface area contributed by atoms with Gasteiger partial charge in [0.1, 0.15) is 5.82 Å². The van der Waals surface area contributed by atoms with Crippen LogP contribution in [0.2, 0.25) is 0 Å². The molecule has 0 unspecified atom stereocenters. The molecule has 0 bridgehead atoms. The molecule has 0 aliphatic rings. The summed E-state index contributed by atoms with van der Waals surface area (Å²) in [5.74, 6) is 1.03. The fraction of sp³-hybridized carbons (Fsp3) is 0.615. The lowest BCUT2D eigenvalue weighted by Crippen LogP contribution is -2.24. The smallest absolute Gasteiger partial charge is 0.128 e. The molecule has 0 amide bonds. The SMILES string of the molecule is CN(C)CCCN(C)c1ccc(CCN)cn1. The number of aromatic nitrogens is 1. The molecule has 0 aliphatic heterocycles. The van der Waals surface area contributed by atoms with Gasteiger partial charge in [0.25, 0.3) is 0 Å². The lowest BCUT2D eigenvalue weighted by Gasteiger charge is -2.19. The number of anilines is 1. The molecule has 0 atom stereocenters. The molecule has 0 aromatic carbocycles. The van der Waals surface area contributed by atoms with Crippen LogP contribution in [0.5, 0.6) is 0 Å². The van der Waals surface area contributed by atoms with Crippen molar-refractivity contribution in [3.8, 4) is 0 Å². The van der Waals surface area contributed by atoms with Crippen molar-refractivity contribution < 1.29 is 0 Å². The van der Waals surface area contributed by atoms with E-state index < -0.39 is 0 Å². The zero-order valence-corrected chi connectivity index (χ0v) is 11.2. The van der Waals surface area contributed by atoms with E-state index in [-0.39, 0.29) is 0 Å². The van der Waals surface area contributed by atoms with E-state index in [1.165, 1.54) is 5.56 Å². The Morgan fingerprint density at radius 3 is 2.47 bits per heavy atom. The quantitative estimate of drug-likeness (QED) is 0.766. The maximum Gasteiger partial charge on any atom is 0.128 e. The lowest BCUT2D eigenvalue weighted by atomic mass is 10.2. The third-order valence-electron chi connectivity index (χ3n) is 2.73. The molecule has 0 saturated carbocycles. The van der Waals surface area contributed by atoms with Crippen LogP contribution < -0.4 is 10.6 Å². The third-order valence-corrected chi connectivity index (χ3v) is 2.73. The van der Waals surface area contributed by atoms with Crippen molar-refractivity contribution >= 4 is 5.82 Å². The average molecular weight is 236 g/mol. The van der Waals surface area contributed by atoms with Crippen molar-refractivity contribution in [3.05, 3.63) is 23.9 Å². The molecular formula is C13H24N4. The first-order chi connectivity index (χ1) is 8.13. The summed E-state index contributed by atoms with van der Waals surface area (Å²) in [4.78, 5) is 8.84. The molecule has 1 aromatic rings. The number of nitrogens with zero attached hydrogens (tertiary/aromatic N) is 3. The summed E-state index contributed by atoms with van der Waals surface area (Å²) in [6.07, 6.45) is 3.97. The monoisotopic (exact) mass is 236 g/mol. The van der Waals surface area contributed by atoms with Gasteiger partial charge in [-0.05, 0) is 51.7 Å². The molecule has 17 heavy (non-hydrogen) atoms. The highest BCUT2D eigenvalue weighted by Gasteiger charge is 2.02. The fourth-order valence-corrected chi connectivity index (χ4v) is 1.70. The van der Waals surface area contributed by atoms with E-state index in [1.807, 2.05) is 6.20 Å². The Hall–Kier alpha value is -1.13. The Bertz CT molecular complexity index is 308. The summed E-state index contributed by atoms with van der Waals surface area (Å²) in [6.45, 7) is 2.82. The van der Waals surface area contributed by atoms with E-state index >= 15 is 0 Å². The van der Waals surface area contributed by atoms with Gasteiger partial charge in [-0.2, -0.15) is 0 Å². The van der Waals surface area contributed by atoms with Gasteiger partial charge in [0.15, 0.2) is 0 Å². The van der Waals surface area contributed by atoms with E-state index in [0.717, 1.165) is 31.7 Å². The standard InChI is InChI=1S/C13H24N4/c1-16(2)9-4-10-17(3)13-6-5-12(7-8-14)11-15-13/h5-6,11H,4,7-10,14H2,1-3H3. The molecule has 1 rings (SSSR count). The van der Waals surface area contributed by atoms with Crippen LogP contribution in [0.15, 0.2) is 18.3 Å². The zero-order chi connectivity index (χ0) is 12.7. The van der Waals surface area contributed by atoms with Crippen molar-refractivity contribution in [2.24, 2.45) is 5.73 Å². The first kappa shape index (κ1) is 13.9. The molecule has 0 aliphatic carbocycles. The summed E-state index contributed by atoms with van der Waals surface area (Å²) < 4.78 is 0. The van der Waals surface area contributed by atoms with Crippen LogP contribution in [-0.2, 0) is 6.42 Å². The normalized spacial score (nSPS) is 10.9. The summed E-state index contributed by atoms with van der Waals surface area (Å²) >= 11 is 0. The van der Waals surface area contributed by atoms with Gasteiger partial charge in [0, 0.05) is 19.8 Å². The maximum atomic E-state index is 5.51. The zero-order valence-electron chi connectivity index (χ0n) is 11.2. The van der Waals surface area contributed by atoms with Gasteiger partial charge < -0.3 is 15.5 Å². The number of nitrogens with two attached hydrogens (primary N) is 1. The van der Waals surface area contributed by atoms with E-state index in [1.54, 1.807) is 0 Å². The Labute approximate surface area is 104 Å². The van der Waals surface area contributed by atoms with E-state index in [9.17, 15) is 0 Å². The van der Waals surface area contributed by atoms with Gasteiger partial charge in [-0.3, -0.25) is 0 Å². The van der Waals surface area contributed by atoms with Crippen molar-refractivity contribution in [1.29, 1.82) is 0 Å². The number of rotatable bonds is 7. The molecule has 0 saturated heterocycles. The van der Waals surface area contributed by atoms with Gasteiger partial charge in [-0.15, -0.1) is 0 Å². The van der Waals surface area contributed by atoms with Gasteiger partial charge in [-0.1, -0.05) is 6.07 Å². The molecule has 4 heteroatoms. The predicted molar refractivity (Wildman–Crippen MR) is 73.4 cm³/mol. The highest BCUT2D eigenvalue weighted by molar-refractivity contribution is 5.38. The van der Waals surface area contributed by atoms with Crippen molar-refractivity contribution in [1.82, 2.24) is 9.88 Å². The Morgan fingerprint density at radius 1 is 1.18 bits per heavy atom. The third kappa shape index (κ3) is 5.15. The number of hydrogen-bond donors (Lipinski definition) is 1. The minimum atomic E-state index is 0.680. The molecule has 0 spiro atoms. The van der Waals surface area contributed by atoms with Crippen LogP contribution in [0.25, 0.3) is 0 Å². The van der Waals surface area contributed by atoms with Crippen molar-refractivity contribution in [3.63, 3.8) is 0 Å². The van der Waals surface area contributed by atoms with Crippen molar-refractivity contribution in [2.75, 3.05) is 45.7 Å². The Morgan fingerprint density at radius 2 is 1.94 bits per heavy atom. The van der Waals surface area contributed by atoms with Gasteiger partial charge in [0.2, 0.25) is 0 Å². The highest BCUT2D eigenvalue weighted by Crippen LogP contribution is 2.10. The van der Waals surface area contributed by atoms with Gasteiger partial charge in [0.05, 0.1) is 0 Å². The predicted octanol–water partition coefficient (Wildman–Crippen LogP) is 0.971. The lowest BCUT2D eigenvalue weighted by molar-refractivity contribution is 0.401. The molecular weight excluding hydrogens is 212 g/mol. The molecule has 0 fully saturated rings. The molecule has 0 radical (unpaired) electrons. The number of hydrogen-bond acceptors (Lipinski definition) is 4. The van der Waals surface area contributed by atoms with E-state index in [0.29, 0.717) is 6.54 Å². The average Bonchev–Trinajstić information content (AvgIpc) is 2.30. The first-order valence-electron chi connectivity index (χ1n) is 6.14. The molecule has 1 aromatic heterocycles. The summed E-state index contributed by atoms with van der Waals surface area (Å²) in [5, 5.41) is 0. The molecule has 1 heterocycles. The molecule has 4 nitrogen and oxygen atoms in total. The second kappa shape index (κ2) is 7.25. The molecule has 96 valence electrons. The van der Waals surface area contributed by atoms with E-state index in [4.69, 9.17) is 5.73 Å². The topological polar surface area (TPSA) is 45.4 Å². The molecule has 2 N–H and O–H groups in total. The summed E-state index contributed by atoms with van der Waals surface area (Å²) in [5.41, 5.74) is 6.72. The van der Waals surface area contributed by atoms with Gasteiger partial charge >= 0.3 is 0 Å². The highest BCUT2D eigenvalue weighted by atomic mass is 15.2. The second-order valence-electron chi connectivity index (χ2n) is 4.64. The minimum Gasteiger partial charge on any atom is -0.360 e. The Balaban J connectivity index is 2.43. The van der Waals surface area contributed by atoms with Gasteiger partial charge in [-0.25, -0.2) is 4.98 Å². The Kier molecular flexibility index (Phi) is 5.94. The van der Waals surface area contributed by atoms with Crippen LogP contribution >= 0.6 is 0 Å². The van der Waals surface area contributed by atoms with Crippen LogP contribution in [0.3, 0.4) is 0 Å². The fourth-order valence-electron chi connectivity index (χ4n) is 1.70. The largest absolute Gasteiger partial charge is 0.360 e.